The van der Waals surface area contributed by atoms with Gasteiger partial charge in [-0.15, -0.1) is 0 Å². The van der Waals surface area contributed by atoms with Gasteiger partial charge in [-0.25, -0.2) is 37.4 Å². The molecule has 3 saturated carbocycles. The number of rotatable bonds is 27. The summed E-state index contributed by atoms with van der Waals surface area (Å²) in [5.41, 5.74) is 29.8. The Hall–Kier alpha value is -16.2. The highest BCUT2D eigenvalue weighted by Crippen LogP contribution is 2.38. The van der Waals surface area contributed by atoms with Crippen LogP contribution >= 0.6 is 21.4 Å². The number of nitrogen functional groups attached to an aromatic ring is 1. The smallest absolute Gasteiger partial charge is 0.354 e. The number of aromatic carboxylic acids is 1. The Morgan fingerprint density at radius 1 is 0.444 bits per heavy atom. The van der Waals surface area contributed by atoms with E-state index in [1.165, 1.54) is 54.0 Å². The second-order valence-corrected chi connectivity index (χ2v) is 35.9. The Morgan fingerprint density at radius 2 is 0.771 bits per heavy atom. The van der Waals surface area contributed by atoms with Gasteiger partial charge in [0.25, 0.3) is 17.7 Å². The number of nitrogens with one attached hydrogen (secondary N) is 3. The van der Waals surface area contributed by atoms with Gasteiger partial charge in [0.2, 0.25) is 9.23 Å². The average Bonchev–Trinajstić information content (AvgIpc) is 1.70. The van der Waals surface area contributed by atoms with Gasteiger partial charge in [0.1, 0.15) is 41.5 Å². The third-order valence-electron chi connectivity index (χ3n) is 22.2. The second kappa shape index (κ2) is 53.5. The van der Waals surface area contributed by atoms with Crippen molar-refractivity contribution in [3.8, 4) is 28.8 Å². The Balaban J connectivity index is 0.000000172. The van der Waals surface area contributed by atoms with Crippen LogP contribution in [-0.4, -0.2) is 127 Å². The Morgan fingerprint density at radius 3 is 1.12 bits per heavy atom. The molecule has 0 radical (unpaired) electrons. The minimum atomic E-state index is -1.67. The molecular weight excluding hydrogens is 1880 g/mol. The maximum absolute atomic E-state index is 13.3. The van der Waals surface area contributed by atoms with Crippen LogP contribution in [0.2, 0.25) is 0 Å². The van der Waals surface area contributed by atoms with Crippen LogP contribution in [0.4, 0.5) is 34.1 Å². The lowest BCUT2D eigenvalue weighted by atomic mass is 10.0. The monoisotopic (exact) mass is 1990 g/mol. The number of aryl methyl sites for hydroxylation is 4. The van der Waals surface area contributed by atoms with E-state index in [0.717, 1.165) is 56.9 Å². The molecule has 4 atom stereocenters. The summed E-state index contributed by atoms with van der Waals surface area (Å²) >= 11 is 0. The number of anilines is 4. The fourth-order valence-corrected chi connectivity index (χ4v) is 14.6. The SMILES string of the molecule is C.C.Cc1cc(C(=O)Nc2cccc(C(OCC3CC3)c3cccnc3)c2)n(-c2cccc(CN)c2)n1.Cc1cc(C(=O)O)n(-c2cccc(C#N)c2)n1.Nc1cccc(C(O)c2cccnc2)c1.O=S(Cl)Cl.OCC1CC1.[C-]#[N+]c1cccc(-n2nc(C)cc2C(=O)Nc2cccc(C(O)c3cccnc3)c2)c1.[C-]#[N+]c1cccc(-n2nc(C)cc2C(=O)Nc2cccc(C(OCC3CC3)c3cccnc3)c2)c1. The zero-order valence-corrected chi connectivity index (χ0v) is 80.1. The van der Waals surface area contributed by atoms with Crippen LogP contribution in [0.3, 0.4) is 0 Å². The zero-order chi connectivity index (χ0) is 101. The third kappa shape index (κ3) is 31.7. The summed E-state index contributed by atoms with van der Waals surface area (Å²) in [5, 5.41) is 73.1. The molecule has 16 aromatic rings. The summed E-state index contributed by atoms with van der Waals surface area (Å²) < 4.78 is 27.8. The number of nitrogens with zero attached hydrogens (tertiary/aromatic N) is 15. The van der Waals surface area contributed by atoms with Crippen molar-refractivity contribution in [3.63, 3.8) is 0 Å². The molecule has 0 bridgehead atoms. The first-order valence-electron chi connectivity index (χ1n) is 45.2. The maximum atomic E-state index is 13.3. The topological polar surface area (TPSA) is 428 Å². The number of carboxylic acid groups (broad SMARTS) is 1. The first-order valence-corrected chi connectivity index (χ1v) is 48.0. The normalized spacial score (nSPS) is 12.7. The molecule has 31 nitrogen and oxygen atoms in total. The minimum Gasteiger partial charge on any atom is -0.477 e. The van der Waals surface area contributed by atoms with Crippen LogP contribution in [0.15, 0.2) is 316 Å². The number of aliphatic hydroxyl groups is 3. The van der Waals surface area contributed by atoms with E-state index in [9.17, 15) is 29.4 Å². The first-order chi connectivity index (χ1) is 68.8. The number of aromatic nitrogens is 12. The molecule has 11 N–H and O–H groups in total. The molecule has 736 valence electrons. The number of nitriles is 1. The molecular formula is C110H110Cl2N20O11S. The predicted octanol–water partition coefficient (Wildman–Crippen LogP) is 21.4. The molecule has 0 spiro atoms. The molecule has 4 unspecified atom stereocenters. The van der Waals surface area contributed by atoms with Crippen LogP contribution in [-0.2, 0) is 25.2 Å². The minimum absolute atomic E-state index is 0. The molecule has 8 aromatic heterocycles. The van der Waals surface area contributed by atoms with Gasteiger partial charge in [-0.3, -0.25) is 34.3 Å². The van der Waals surface area contributed by atoms with Crippen molar-refractivity contribution in [1.82, 2.24) is 59.1 Å². The number of carbonyl (C=O) groups is 4. The fraction of sp³-hybridized carbons (Fsp3) is 0.209. The Bertz CT molecular complexity index is 7140. The molecule has 0 aliphatic heterocycles. The number of hydrogen-bond donors (Lipinski definition) is 9. The quantitative estimate of drug-likeness (QED) is 0.0131. The van der Waals surface area contributed by atoms with Crippen molar-refractivity contribution in [2.45, 2.75) is 112 Å². The van der Waals surface area contributed by atoms with E-state index >= 15 is 0 Å². The number of amides is 3. The number of ether oxygens (including phenoxy) is 2. The number of pyridine rings is 4. The number of carboxylic acids is 1. The number of halogens is 2. The van der Waals surface area contributed by atoms with Crippen LogP contribution in [0.5, 0.6) is 0 Å². The molecule has 0 saturated heterocycles. The second-order valence-electron chi connectivity index (χ2n) is 33.4. The summed E-state index contributed by atoms with van der Waals surface area (Å²) in [7, 11) is 7.36. The standard InChI is InChI=1S/C28H25N5O2.C28H29N5O2.C24H19N5O2.C12H9N3O2.C12H12N2O.C4H8O.2CH4.Cl2OS/c1-19-14-26(33(32-19)25-10-4-8-23(16-25)29-2)28(34)31-24-9-3-6-21(15-24)27(35-18-20-11-12-20)22-7-5-13-30-17-22;1-19-13-26(33(32-19)25-9-2-5-21(14-25)16-29)28(34)31-24-8-3-6-22(15-24)27(35-18-20-10-11-20)23-7-4-12-30-17-23;1-16-12-22(29(28-16)21-10-4-8-19(14-21)25-2)24(31)27-20-9-3-6-17(13-20)23(30)18-7-5-11-26-15-18;1-8-5-11(12(16)17)15(14-8)10-4-2-3-9(6-10)7-13;13-11-5-1-3-9(7-11)12(15)10-4-2-6-14-8-10;5-3-4-1-2-4;;;1-4(2)3/h3-10,13-17,20,27H,11-12,18H2,1H3,(H,31,34);2-9,12-15,17,20,27H,10-11,16,18,29H2,1H3,(H,31,34);3-15,23,30H,1H3,(H,27,31);2-6H,1H3,(H,16,17);1-8,12,15H,13H2;4-5H,1-3H2;2*1H4;. The highest BCUT2D eigenvalue weighted by molar-refractivity contribution is 8.26. The molecule has 3 amide bonds. The number of benzene rings is 8. The van der Waals surface area contributed by atoms with Gasteiger partial charge in [-0.1, -0.05) is 130 Å². The first kappa shape index (κ1) is 108. The lowest BCUT2D eigenvalue weighted by molar-refractivity contribution is 0.0685. The lowest BCUT2D eigenvalue weighted by Crippen LogP contribution is -2.17. The van der Waals surface area contributed by atoms with Crippen molar-refractivity contribution < 1.29 is 53.3 Å². The summed E-state index contributed by atoms with van der Waals surface area (Å²) in [6.45, 7) is 24.0. The van der Waals surface area contributed by atoms with E-state index in [1.54, 1.807) is 200 Å². The van der Waals surface area contributed by atoms with Crippen molar-refractivity contribution in [1.29, 1.82) is 5.26 Å². The molecule has 144 heavy (non-hydrogen) atoms. The molecule has 3 aliphatic carbocycles. The highest BCUT2D eigenvalue weighted by Gasteiger charge is 2.29. The number of hydrogen-bond acceptors (Lipinski definition) is 21. The molecule has 19 rings (SSSR count). The van der Waals surface area contributed by atoms with Crippen LogP contribution < -0.4 is 27.4 Å². The van der Waals surface area contributed by atoms with Crippen LogP contribution in [0, 0.1) is 69.9 Å². The van der Waals surface area contributed by atoms with E-state index < -0.39 is 27.4 Å². The number of carbonyl (C=O) groups excluding carboxylic acids is 3. The highest BCUT2D eigenvalue weighted by atomic mass is 36.0. The summed E-state index contributed by atoms with van der Waals surface area (Å²) in [4.78, 5) is 74.1. The van der Waals surface area contributed by atoms with E-state index in [4.69, 9.17) is 53.8 Å². The van der Waals surface area contributed by atoms with E-state index in [1.807, 2.05) is 154 Å². The average molecular weight is 1990 g/mol. The lowest BCUT2D eigenvalue weighted by Gasteiger charge is -2.19. The summed E-state index contributed by atoms with van der Waals surface area (Å²) in [6, 6.07) is 81.9. The number of nitrogens with two attached hydrogens (primary N) is 2. The van der Waals surface area contributed by atoms with Gasteiger partial charge in [0.15, 0.2) is 17.1 Å². The van der Waals surface area contributed by atoms with Gasteiger partial charge in [0, 0.05) is 129 Å². The van der Waals surface area contributed by atoms with Gasteiger partial charge in [-0.05, 0) is 263 Å². The van der Waals surface area contributed by atoms with Crippen molar-refractivity contribution >= 4 is 88.4 Å². The summed E-state index contributed by atoms with van der Waals surface area (Å²) in [5.74, 6) is 0.0376. The third-order valence-corrected chi connectivity index (χ3v) is 22.2. The maximum Gasteiger partial charge on any atom is 0.354 e. The molecule has 8 heterocycles. The van der Waals surface area contributed by atoms with Gasteiger partial charge in [-0.2, -0.15) is 25.7 Å². The molecule has 34 heteroatoms. The van der Waals surface area contributed by atoms with Crippen LogP contribution in [0.1, 0.15) is 198 Å². The molecule has 3 fully saturated rings. The van der Waals surface area contributed by atoms with Crippen molar-refractivity contribution in [2.75, 3.05) is 41.5 Å². The number of aliphatic hydroxyl groups excluding tert-OH is 3. The Kier molecular flexibility index (Phi) is 40.2. The Labute approximate surface area is 847 Å². The van der Waals surface area contributed by atoms with Gasteiger partial charge >= 0.3 is 5.97 Å². The largest absolute Gasteiger partial charge is 0.477 e. The fourth-order valence-electron chi connectivity index (χ4n) is 14.6. The van der Waals surface area contributed by atoms with Crippen molar-refractivity contribution in [3.05, 3.63) is 441 Å². The molecule has 8 aromatic carbocycles. The van der Waals surface area contributed by atoms with E-state index in [2.05, 4.69) is 87.3 Å². The van der Waals surface area contributed by atoms with Gasteiger partial charge < -0.3 is 57.3 Å². The van der Waals surface area contributed by atoms with Gasteiger partial charge in [0.05, 0.1) is 83.5 Å². The van der Waals surface area contributed by atoms with E-state index in [0.29, 0.717) is 140 Å². The summed E-state index contributed by atoms with van der Waals surface area (Å²) in [6.07, 6.45) is 19.1. The predicted molar refractivity (Wildman–Crippen MR) is 559 cm³/mol. The van der Waals surface area contributed by atoms with Crippen LogP contribution in [0.25, 0.3) is 32.4 Å². The zero-order valence-electron chi connectivity index (χ0n) is 77.8. The molecule has 3 aliphatic rings. The van der Waals surface area contributed by atoms with E-state index in [-0.39, 0.29) is 50.5 Å². The van der Waals surface area contributed by atoms with Crippen molar-refractivity contribution in [2.24, 2.45) is 23.5 Å².